The zero-order valence-corrected chi connectivity index (χ0v) is 23.7. The molecule has 2 atom stereocenters. The number of aliphatic imine (C=N–C) groups is 1. The van der Waals surface area contributed by atoms with Gasteiger partial charge in [0.05, 0.1) is 5.69 Å². The summed E-state index contributed by atoms with van der Waals surface area (Å²) >= 11 is 0. The van der Waals surface area contributed by atoms with Gasteiger partial charge in [-0.2, -0.15) is 4.99 Å². The van der Waals surface area contributed by atoms with Crippen molar-refractivity contribution in [2.24, 2.45) is 4.99 Å². The Labute approximate surface area is 253 Å². The minimum Gasteiger partial charge on any atom is -0.479 e. The average molecular weight is 597 g/mol. The van der Waals surface area contributed by atoms with Gasteiger partial charge in [-0.15, -0.1) is 5.26 Å². The van der Waals surface area contributed by atoms with Crippen molar-refractivity contribution in [3.63, 3.8) is 0 Å². The topological polar surface area (TPSA) is 186 Å². The first-order valence-electron chi connectivity index (χ1n) is 13.0. The SMILES string of the molecule is CC(Oc1ccc(N)cc1)C(=O)Oc1ccc(N)cc1.CC(Oc1ccc(OC#N)cc1)C(=O)Oc1ccc(N=C=O)cc1. The van der Waals surface area contributed by atoms with Crippen molar-refractivity contribution in [2.45, 2.75) is 26.1 Å². The third-order valence-electron chi connectivity index (χ3n) is 5.49. The molecular formula is C32H28N4O8. The highest BCUT2D eigenvalue weighted by Crippen LogP contribution is 2.21. The first-order chi connectivity index (χ1) is 21.2. The van der Waals surface area contributed by atoms with Crippen LogP contribution >= 0.6 is 0 Å². The van der Waals surface area contributed by atoms with Crippen LogP contribution in [0.5, 0.6) is 28.7 Å². The molecule has 224 valence electrons. The van der Waals surface area contributed by atoms with E-state index in [9.17, 15) is 14.4 Å². The number of esters is 2. The number of isocyanates is 1. The van der Waals surface area contributed by atoms with Gasteiger partial charge >= 0.3 is 11.9 Å². The van der Waals surface area contributed by atoms with Gasteiger partial charge in [0.15, 0.2) is 12.2 Å². The van der Waals surface area contributed by atoms with Crippen LogP contribution in [0.1, 0.15) is 13.8 Å². The van der Waals surface area contributed by atoms with Crippen LogP contribution in [0.25, 0.3) is 0 Å². The molecule has 12 nitrogen and oxygen atoms in total. The number of nitrogen functional groups attached to an aromatic ring is 2. The van der Waals surface area contributed by atoms with Crippen LogP contribution < -0.4 is 35.2 Å². The lowest BCUT2D eigenvalue weighted by atomic mass is 10.3. The van der Waals surface area contributed by atoms with Crippen molar-refractivity contribution in [3.8, 4) is 35.0 Å². The van der Waals surface area contributed by atoms with E-state index < -0.39 is 24.1 Å². The maximum Gasteiger partial charge on any atom is 0.352 e. The maximum absolute atomic E-state index is 12.0. The summed E-state index contributed by atoms with van der Waals surface area (Å²) in [5.41, 5.74) is 12.8. The van der Waals surface area contributed by atoms with Crippen molar-refractivity contribution in [1.82, 2.24) is 0 Å². The zero-order valence-electron chi connectivity index (χ0n) is 23.7. The normalized spacial score (nSPS) is 11.1. The van der Waals surface area contributed by atoms with Gasteiger partial charge in [0.25, 0.3) is 6.26 Å². The molecule has 0 saturated carbocycles. The van der Waals surface area contributed by atoms with E-state index in [0.29, 0.717) is 45.8 Å². The summed E-state index contributed by atoms with van der Waals surface area (Å²) in [6.45, 7) is 3.17. The van der Waals surface area contributed by atoms with E-state index in [0.717, 1.165) is 0 Å². The summed E-state index contributed by atoms with van der Waals surface area (Å²) in [5.74, 6) is 1.03. The molecule has 0 saturated heterocycles. The summed E-state index contributed by atoms with van der Waals surface area (Å²) in [6.07, 6.45) is 1.41. The predicted molar refractivity (Wildman–Crippen MR) is 160 cm³/mol. The second kappa shape index (κ2) is 16.2. The molecule has 0 spiro atoms. The number of carbonyl (C=O) groups is 2. The number of nitriles is 1. The van der Waals surface area contributed by atoms with Crippen LogP contribution in [-0.4, -0.2) is 30.2 Å². The molecule has 0 fully saturated rings. The molecule has 4 rings (SSSR count). The zero-order chi connectivity index (χ0) is 31.9. The first-order valence-corrected chi connectivity index (χ1v) is 13.0. The van der Waals surface area contributed by atoms with Gasteiger partial charge < -0.3 is 35.2 Å². The molecular weight excluding hydrogens is 568 g/mol. The van der Waals surface area contributed by atoms with Gasteiger partial charge in [-0.05, 0) is 111 Å². The van der Waals surface area contributed by atoms with Crippen molar-refractivity contribution in [1.29, 1.82) is 5.26 Å². The van der Waals surface area contributed by atoms with Crippen molar-refractivity contribution in [2.75, 3.05) is 11.5 Å². The van der Waals surface area contributed by atoms with E-state index in [1.54, 1.807) is 92.9 Å². The number of hydrogen-bond donors (Lipinski definition) is 2. The average Bonchev–Trinajstić information content (AvgIpc) is 3.02. The molecule has 0 heterocycles. The number of ether oxygens (including phenoxy) is 5. The smallest absolute Gasteiger partial charge is 0.352 e. The fourth-order valence-corrected chi connectivity index (χ4v) is 3.27. The Hall–Kier alpha value is -6.31. The number of nitrogens with zero attached hydrogens (tertiary/aromatic N) is 2. The van der Waals surface area contributed by atoms with Crippen LogP contribution in [-0.2, 0) is 14.4 Å². The van der Waals surface area contributed by atoms with Crippen LogP contribution in [0.2, 0.25) is 0 Å². The third-order valence-corrected chi connectivity index (χ3v) is 5.49. The van der Waals surface area contributed by atoms with Crippen molar-refractivity contribution >= 4 is 35.1 Å². The highest BCUT2D eigenvalue weighted by Gasteiger charge is 2.18. The fourth-order valence-electron chi connectivity index (χ4n) is 3.27. The molecule has 4 aromatic carbocycles. The van der Waals surface area contributed by atoms with Gasteiger partial charge in [0, 0.05) is 11.4 Å². The Morgan fingerprint density at radius 3 is 1.41 bits per heavy atom. The number of anilines is 2. The highest BCUT2D eigenvalue weighted by molar-refractivity contribution is 5.78. The molecule has 4 aromatic rings. The molecule has 0 bridgehead atoms. The molecule has 44 heavy (non-hydrogen) atoms. The molecule has 0 amide bonds. The lowest BCUT2D eigenvalue weighted by Gasteiger charge is -2.14. The fraction of sp³-hybridized carbons (Fsp3) is 0.125. The van der Waals surface area contributed by atoms with Gasteiger partial charge in [-0.25, -0.2) is 14.4 Å². The Morgan fingerprint density at radius 1 is 0.636 bits per heavy atom. The quantitative estimate of drug-likeness (QED) is 0.0619. The minimum absolute atomic E-state index is 0.304. The van der Waals surface area contributed by atoms with E-state index in [-0.39, 0.29) is 0 Å². The van der Waals surface area contributed by atoms with Crippen LogP contribution in [0.3, 0.4) is 0 Å². The number of hydrogen-bond acceptors (Lipinski definition) is 12. The van der Waals surface area contributed by atoms with E-state index >= 15 is 0 Å². The van der Waals surface area contributed by atoms with E-state index in [2.05, 4.69) is 9.73 Å². The minimum atomic E-state index is -0.847. The lowest BCUT2D eigenvalue weighted by Crippen LogP contribution is -2.28. The molecule has 4 N–H and O–H groups in total. The molecule has 2 unspecified atom stereocenters. The second-order valence-electron chi connectivity index (χ2n) is 8.86. The molecule has 0 radical (unpaired) electrons. The van der Waals surface area contributed by atoms with E-state index in [1.807, 2.05) is 0 Å². The molecule has 0 aliphatic heterocycles. The lowest BCUT2D eigenvalue weighted by molar-refractivity contribution is -0.142. The number of rotatable bonds is 10. The van der Waals surface area contributed by atoms with Gasteiger partial charge in [0.1, 0.15) is 28.7 Å². The molecule has 12 heteroatoms. The summed E-state index contributed by atoms with van der Waals surface area (Å²) in [7, 11) is 0. The predicted octanol–water partition coefficient (Wildman–Crippen LogP) is 5.11. The maximum atomic E-state index is 12.0. The number of benzene rings is 4. The van der Waals surface area contributed by atoms with Crippen LogP contribution in [0.4, 0.5) is 17.1 Å². The van der Waals surface area contributed by atoms with Gasteiger partial charge in [0.2, 0.25) is 6.08 Å². The Kier molecular flexibility index (Phi) is 11.9. The molecule has 0 aromatic heterocycles. The monoisotopic (exact) mass is 596 g/mol. The molecule has 0 aliphatic rings. The van der Waals surface area contributed by atoms with Crippen LogP contribution in [0.15, 0.2) is 102 Å². The summed E-state index contributed by atoms with van der Waals surface area (Å²) in [4.78, 5) is 37.4. The van der Waals surface area contributed by atoms with Gasteiger partial charge in [-0.3, -0.25) is 0 Å². The standard InChI is InChI=1S/C17H12N2O5.C15H16N2O3/c1-12(23-15-8-6-14(7-9-15)22-10-18)17(21)24-16-4-2-13(3-5-16)19-11-20;1-10(19-13-6-2-11(16)3-7-13)15(18)20-14-8-4-12(17)5-9-14/h2-9,12H,1H3;2-10H,16-17H2,1H3. The van der Waals surface area contributed by atoms with Crippen molar-refractivity contribution < 1.29 is 38.1 Å². The largest absolute Gasteiger partial charge is 0.479 e. The third kappa shape index (κ3) is 10.6. The molecule has 0 aliphatic carbocycles. The first kappa shape index (κ1) is 32.2. The summed E-state index contributed by atoms with van der Waals surface area (Å²) in [5, 5.41) is 8.40. The van der Waals surface area contributed by atoms with E-state index in [4.69, 9.17) is 35.7 Å². The van der Waals surface area contributed by atoms with Crippen LogP contribution in [0, 0.1) is 11.5 Å². The number of carbonyl (C=O) groups excluding carboxylic acids is 3. The van der Waals surface area contributed by atoms with Gasteiger partial charge in [-0.1, -0.05) is 0 Å². The Balaban J connectivity index is 0.000000244. The van der Waals surface area contributed by atoms with E-state index in [1.165, 1.54) is 30.3 Å². The van der Waals surface area contributed by atoms with Crippen molar-refractivity contribution in [3.05, 3.63) is 97.1 Å². The Morgan fingerprint density at radius 2 is 1.00 bits per heavy atom. The second-order valence-corrected chi connectivity index (χ2v) is 8.86. The summed E-state index contributed by atoms with van der Waals surface area (Å²) < 4.78 is 25.9. The highest BCUT2D eigenvalue weighted by atomic mass is 16.6. The summed E-state index contributed by atoms with van der Waals surface area (Å²) in [6, 6.07) is 25.7. The Bertz CT molecular complexity index is 1610. The number of nitrogens with two attached hydrogens (primary N) is 2.